The highest BCUT2D eigenvalue weighted by atomic mass is 19.4. The summed E-state index contributed by atoms with van der Waals surface area (Å²) < 4.78 is 40.7. The zero-order chi connectivity index (χ0) is 19.7. The molecule has 1 fully saturated rings. The Kier molecular flexibility index (Phi) is 4.60. The standard InChI is InChI=1S/C18H16F3N7/c19-18(20,21)14-9-25-17(27-11-2-1-5-23-7-11)28-15(14)13-8-24-16-12(13)4-3-10(6-22)26-16/h3-4,8-9,11,23H,1-2,5,7H2,(H,24,26)(H,25,27,28)/t11-/m0/s1. The smallest absolute Gasteiger partial charge is 0.350 e. The molecule has 3 aromatic rings. The Morgan fingerprint density at radius 3 is 2.82 bits per heavy atom. The second kappa shape index (κ2) is 7.09. The molecule has 4 heterocycles. The highest BCUT2D eigenvalue weighted by Gasteiger charge is 2.36. The van der Waals surface area contributed by atoms with Gasteiger partial charge < -0.3 is 15.6 Å². The third-order valence-corrected chi connectivity index (χ3v) is 4.63. The Morgan fingerprint density at radius 1 is 1.25 bits per heavy atom. The number of aromatic amines is 1. The summed E-state index contributed by atoms with van der Waals surface area (Å²) >= 11 is 0. The number of fused-ring (bicyclic) bond motifs is 1. The monoisotopic (exact) mass is 387 g/mol. The van der Waals surface area contributed by atoms with Crippen LogP contribution in [-0.2, 0) is 6.18 Å². The van der Waals surface area contributed by atoms with E-state index in [2.05, 4.69) is 30.6 Å². The Morgan fingerprint density at radius 2 is 2.11 bits per heavy atom. The summed E-state index contributed by atoms with van der Waals surface area (Å²) in [5.41, 5.74) is -0.401. The van der Waals surface area contributed by atoms with Crippen LogP contribution in [0.2, 0.25) is 0 Å². The van der Waals surface area contributed by atoms with Crippen molar-refractivity contribution in [2.45, 2.75) is 25.1 Å². The van der Waals surface area contributed by atoms with Crippen LogP contribution in [0.4, 0.5) is 19.1 Å². The van der Waals surface area contributed by atoms with Crippen molar-refractivity contribution in [2.75, 3.05) is 18.4 Å². The van der Waals surface area contributed by atoms with E-state index >= 15 is 0 Å². The van der Waals surface area contributed by atoms with Gasteiger partial charge in [0, 0.05) is 35.9 Å². The van der Waals surface area contributed by atoms with Crippen LogP contribution in [0.3, 0.4) is 0 Å². The zero-order valence-corrected chi connectivity index (χ0v) is 14.6. The summed E-state index contributed by atoms with van der Waals surface area (Å²) in [5, 5.41) is 15.7. The summed E-state index contributed by atoms with van der Waals surface area (Å²) in [6.45, 7) is 1.62. The quantitative estimate of drug-likeness (QED) is 0.638. The predicted molar refractivity (Wildman–Crippen MR) is 96.4 cm³/mol. The Balaban J connectivity index is 1.79. The number of hydrogen-bond acceptors (Lipinski definition) is 6. The van der Waals surface area contributed by atoms with Crippen molar-refractivity contribution in [2.24, 2.45) is 0 Å². The van der Waals surface area contributed by atoms with E-state index in [0.29, 0.717) is 17.6 Å². The van der Waals surface area contributed by atoms with Gasteiger partial charge in [0.15, 0.2) is 0 Å². The summed E-state index contributed by atoms with van der Waals surface area (Å²) in [5.74, 6) is 0.146. The van der Waals surface area contributed by atoms with Gasteiger partial charge in [-0.25, -0.2) is 15.0 Å². The Bertz CT molecular complexity index is 1050. The van der Waals surface area contributed by atoms with Crippen molar-refractivity contribution in [1.29, 1.82) is 5.26 Å². The molecule has 4 rings (SSSR count). The minimum Gasteiger partial charge on any atom is -0.350 e. The molecular weight excluding hydrogens is 371 g/mol. The maximum absolute atomic E-state index is 13.6. The lowest BCUT2D eigenvalue weighted by Crippen LogP contribution is -2.38. The van der Waals surface area contributed by atoms with Gasteiger partial charge in [-0.1, -0.05) is 0 Å². The minimum absolute atomic E-state index is 0.0566. The van der Waals surface area contributed by atoms with Gasteiger partial charge in [0.2, 0.25) is 5.95 Å². The molecule has 1 aliphatic rings. The van der Waals surface area contributed by atoms with Crippen molar-refractivity contribution >= 4 is 17.0 Å². The lowest BCUT2D eigenvalue weighted by atomic mass is 10.1. The van der Waals surface area contributed by atoms with Crippen molar-refractivity contribution in [3.05, 3.63) is 35.8 Å². The molecule has 7 nitrogen and oxygen atoms in total. The fourth-order valence-electron chi connectivity index (χ4n) is 3.28. The SMILES string of the molecule is N#Cc1ccc2c(-c3nc(N[C@H]4CCCNC4)ncc3C(F)(F)F)c[nH]c2n1. The number of rotatable bonds is 3. The summed E-state index contributed by atoms with van der Waals surface area (Å²) in [6, 6.07) is 4.98. The first-order chi connectivity index (χ1) is 13.5. The lowest BCUT2D eigenvalue weighted by molar-refractivity contribution is -0.137. The average Bonchev–Trinajstić information content (AvgIpc) is 3.11. The van der Waals surface area contributed by atoms with Gasteiger partial charge in [0.25, 0.3) is 0 Å². The van der Waals surface area contributed by atoms with E-state index in [1.54, 1.807) is 6.07 Å². The van der Waals surface area contributed by atoms with Crippen LogP contribution in [0.25, 0.3) is 22.3 Å². The molecular formula is C18H16F3N7. The van der Waals surface area contributed by atoms with Crippen molar-refractivity contribution in [3.63, 3.8) is 0 Å². The van der Waals surface area contributed by atoms with E-state index in [1.165, 1.54) is 12.3 Å². The van der Waals surface area contributed by atoms with Crippen LogP contribution >= 0.6 is 0 Å². The molecule has 3 aromatic heterocycles. The van der Waals surface area contributed by atoms with Crippen LogP contribution < -0.4 is 10.6 Å². The van der Waals surface area contributed by atoms with Gasteiger partial charge in [-0.05, 0) is 31.5 Å². The third-order valence-electron chi connectivity index (χ3n) is 4.63. The van der Waals surface area contributed by atoms with E-state index in [-0.39, 0.29) is 28.9 Å². The number of hydrogen-bond donors (Lipinski definition) is 3. The highest BCUT2D eigenvalue weighted by Crippen LogP contribution is 2.38. The Labute approximate surface area is 158 Å². The number of aromatic nitrogens is 4. The van der Waals surface area contributed by atoms with Gasteiger partial charge in [0.05, 0.1) is 5.69 Å². The largest absolute Gasteiger partial charge is 0.419 e. The molecule has 0 amide bonds. The minimum atomic E-state index is -4.61. The zero-order valence-electron chi connectivity index (χ0n) is 14.6. The topological polar surface area (TPSA) is 102 Å². The number of H-pyrrole nitrogens is 1. The molecule has 0 saturated carbocycles. The van der Waals surface area contributed by atoms with Crippen LogP contribution in [0.5, 0.6) is 0 Å². The molecule has 1 saturated heterocycles. The van der Waals surface area contributed by atoms with Gasteiger partial charge in [-0.15, -0.1) is 0 Å². The number of anilines is 1. The van der Waals surface area contributed by atoms with Crippen molar-refractivity contribution < 1.29 is 13.2 Å². The molecule has 10 heteroatoms. The molecule has 3 N–H and O–H groups in total. The molecule has 0 bridgehead atoms. The van der Waals surface area contributed by atoms with Crippen molar-refractivity contribution in [1.82, 2.24) is 25.3 Å². The lowest BCUT2D eigenvalue weighted by Gasteiger charge is -2.24. The average molecular weight is 387 g/mol. The van der Waals surface area contributed by atoms with Crippen LogP contribution in [0.1, 0.15) is 24.1 Å². The van der Waals surface area contributed by atoms with Gasteiger partial charge in [-0.3, -0.25) is 0 Å². The number of halogens is 3. The Hall–Kier alpha value is -3.19. The van der Waals surface area contributed by atoms with Crippen LogP contribution in [0.15, 0.2) is 24.5 Å². The number of nitriles is 1. The van der Waals surface area contributed by atoms with Crippen LogP contribution in [0, 0.1) is 11.3 Å². The number of alkyl halides is 3. The van der Waals surface area contributed by atoms with Gasteiger partial charge in [-0.2, -0.15) is 18.4 Å². The maximum Gasteiger partial charge on any atom is 0.419 e. The first kappa shape index (κ1) is 18.2. The highest BCUT2D eigenvalue weighted by molar-refractivity contribution is 5.93. The number of piperidine rings is 1. The van der Waals surface area contributed by atoms with E-state index in [9.17, 15) is 13.2 Å². The molecule has 0 unspecified atom stereocenters. The van der Waals surface area contributed by atoms with E-state index in [4.69, 9.17) is 5.26 Å². The van der Waals surface area contributed by atoms with E-state index in [1.807, 2.05) is 6.07 Å². The molecule has 0 aromatic carbocycles. The predicted octanol–water partition coefficient (Wildman–Crippen LogP) is 3.07. The summed E-state index contributed by atoms with van der Waals surface area (Å²) in [6.07, 6.45) is -0.524. The van der Waals surface area contributed by atoms with Gasteiger partial charge >= 0.3 is 6.18 Å². The van der Waals surface area contributed by atoms with E-state index < -0.39 is 11.7 Å². The molecule has 1 aliphatic heterocycles. The summed E-state index contributed by atoms with van der Waals surface area (Å²) in [4.78, 5) is 15.0. The molecule has 0 spiro atoms. The second-order valence-electron chi connectivity index (χ2n) is 6.55. The maximum atomic E-state index is 13.6. The molecule has 1 atom stereocenters. The fraction of sp³-hybridized carbons (Fsp3) is 0.333. The third kappa shape index (κ3) is 3.48. The molecule has 144 valence electrons. The first-order valence-electron chi connectivity index (χ1n) is 8.76. The molecule has 28 heavy (non-hydrogen) atoms. The second-order valence-corrected chi connectivity index (χ2v) is 6.55. The van der Waals surface area contributed by atoms with Crippen LogP contribution in [-0.4, -0.2) is 39.1 Å². The molecule has 0 aliphatic carbocycles. The summed E-state index contributed by atoms with van der Waals surface area (Å²) in [7, 11) is 0. The first-order valence-corrected chi connectivity index (χ1v) is 8.76. The molecule has 0 radical (unpaired) electrons. The number of nitrogens with zero attached hydrogens (tertiary/aromatic N) is 4. The number of nitrogens with one attached hydrogen (secondary N) is 3. The normalized spacial score (nSPS) is 17.4. The van der Waals surface area contributed by atoms with E-state index in [0.717, 1.165) is 25.6 Å². The van der Waals surface area contributed by atoms with Gasteiger partial charge in [0.1, 0.15) is 23.0 Å². The number of pyridine rings is 1. The van der Waals surface area contributed by atoms with Crippen molar-refractivity contribution in [3.8, 4) is 17.3 Å². The fourth-order valence-corrected chi connectivity index (χ4v) is 3.28.